The summed E-state index contributed by atoms with van der Waals surface area (Å²) in [5, 5.41) is 3.38. The molecule has 7 heteroatoms. The molecule has 2 amide bonds. The Morgan fingerprint density at radius 3 is 2.82 bits per heavy atom. The van der Waals surface area contributed by atoms with Gasteiger partial charge in [0.25, 0.3) is 5.91 Å². The molecular formula is C21H21N3O3S. The Hall–Kier alpha value is -2.93. The molecule has 1 fully saturated rings. The van der Waals surface area contributed by atoms with E-state index in [9.17, 15) is 9.59 Å². The van der Waals surface area contributed by atoms with Crippen molar-refractivity contribution in [3.05, 3.63) is 59.4 Å². The molecule has 3 aromatic rings. The molecule has 2 aromatic heterocycles. The van der Waals surface area contributed by atoms with Crippen LogP contribution < -0.4 is 5.32 Å². The van der Waals surface area contributed by atoms with Crippen LogP contribution in [-0.4, -0.2) is 34.8 Å². The fraction of sp³-hybridized carbons (Fsp3) is 0.286. The minimum absolute atomic E-state index is 0.0447. The molecule has 3 heterocycles. The van der Waals surface area contributed by atoms with Gasteiger partial charge in [0.15, 0.2) is 5.01 Å². The number of likely N-dealkylation sites (tertiary alicyclic amines) is 1. The summed E-state index contributed by atoms with van der Waals surface area (Å²) in [4.78, 5) is 32.3. The smallest absolute Gasteiger partial charge is 0.282 e. The van der Waals surface area contributed by atoms with Crippen LogP contribution in [0.15, 0.2) is 53.3 Å². The molecule has 1 saturated heterocycles. The summed E-state index contributed by atoms with van der Waals surface area (Å²) in [5.74, 6) is 0.307. The Morgan fingerprint density at radius 1 is 1.25 bits per heavy atom. The monoisotopic (exact) mass is 395 g/mol. The Kier molecular flexibility index (Phi) is 5.25. The summed E-state index contributed by atoms with van der Waals surface area (Å²) < 4.78 is 5.36. The van der Waals surface area contributed by atoms with Crippen LogP contribution in [0.4, 0.5) is 5.69 Å². The van der Waals surface area contributed by atoms with Gasteiger partial charge < -0.3 is 14.6 Å². The molecule has 1 unspecified atom stereocenters. The number of rotatable bonds is 4. The average Bonchev–Trinajstić information content (AvgIpc) is 3.41. The van der Waals surface area contributed by atoms with Gasteiger partial charge in [-0.05, 0) is 44.0 Å². The maximum Gasteiger partial charge on any atom is 0.282 e. The van der Waals surface area contributed by atoms with Crippen molar-refractivity contribution in [1.29, 1.82) is 0 Å². The molecule has 28 heavy (non-hydrogen) atoms. The van der Waals surface area contributed by atoms with E-state index in [-0.39, 0.29) is 17.7 Å². The summed E-state index contributed by atoms with van der Waals surface area (Å²) in [6, 6.07) is 11.4. The number of piperidine rings is 1. The van der Waals surface area contributed by atoms with E-state index in [1.165, 1.54) is 11.3 Å². The number of thiazole rings is 1. The highest BCUT2D eigenvalue weighted by Gasteiger charge is 2.30. The molecule has 0 bridgehead atoms. The van der Waals surface area contributed by atoms with Gasteiger partial charge in [-0.2, -0.15) is 0 Å². The predicted octanol–water partition coefficient (Wildman–Crippen LogP) is 4.20. The van der Waals surface area contributed by atoms with Crippen molar-refractivity contribution >= 4 is 28.8 Å². The maximum atomic E-state index is 12.9. The van der Waals surface area contributed by atoms with Crippen LogP contribution in [0, 0.1) is 12.8 Å². The van der Waals surface area contributed by atoms with Crippen molar-refractivity contribution in [2.45, 2.75) is 19.8 Å². The third-order valence-corrected chi connectivity index (χ3v) is 5.85. The second kappa shape index (κ2) is 7.98. The molecule has 1 atom stereocenters. The topological polar surface area (TPSA) is 75.4 Å². The first kappa shape index (κ1) is 18.4. The number of hydrogen-bond acceptors (Lipinski definition) is 5. The highest BCUT2D eigenvalue weighted by Crippen LogP contribution is 2.28. The molecule has 6 nitrogen and oxygen atoms in total. The number of aromatic nitrogens is 1. The number of nitrogens with zero attached hydrogens (tertiary/aromatic N) is 2. The van der Waals surface area contributed by atoms with Crippen molar-refractivity contribution in [3.63, 3.8) is 0 Å². The fourth-order valence-corrected chi connectivity index (χ4v) is 4.15. The molecule has 1 aromatic carbocycles. The van der Waals surface area contributed by atoms with Crippen LogP contribution in [0.25, 0.3) is 10.6 Å². The normalized spacial score (nSPS) is 16.8. The molecule has 4 rings (SSSR count). The van der Waals surface area contributed by atoms with Gasteiger partial charge in [-0.25, -0.2) is 4.98 Å². The quantitative estimate of drug-likeness (QED) is 0.718. The van der Waals surface area contributed by atoms with E-state index in [0.29, 0.717) is 23.9 Å². The number of aryl methyl sites for hydroxylation is 1. The standard InChI is InChI=1S/C21H21N3O3S/c1-14-6-8-16(9-7-14)23-19(25)15-4-2-10-24(13-15)21(26)20-22-12-18(28-20)17-5-3-11-27-17/h3,5-9,11-12,15H,2,4,10,13H2,1H3,(H,23,25). The van der Waals surface area contributed by atoms with E-state index < -0.39 is 0 Å². The van der Waals surface area contributed by atoms with Crippen molar-refractivity contribution in [2.75, 3.05) is 18.4 Å². The van der Waals surface area contributed by atoms with Gasteiger partial charge in [-0.3, -0.25) is 9.59 Å². The lowest BCUT2D eigenvalue weighted by Crippen LogP contribution is -2.43. The lowest BCUT2D eigenvalue weighted by atomic mass is 9.97. The highest BCUT2D eigenvalue weighted by atomic mass is 32.1. The second-order valence-electron chi connectivity index (χ2n) is 6.95. The zero-order valence-corrected chi connectivity index (χ0v) is 16.4. The number of benzene rings is 1. The van der Waals surface area contributed by atoms with Gasteiger partial charge in [0.1, 0.15) is 5.76 Å². The number of nitrogens with one attached hydrogen (secondary N) is 1. The maximum absolute atomic E-state index is 12.9. The molecule has 144 valence electrons. The molecular weight excluding hydrogens is 374 g/mol. The first-order chi connectivity index (χ1) is 13.6. The largest absolute Gasteiger partial charge is 0.463 e. The number of hydrogen-bond donors (Lipinski definition) is 1. The van der Waals surface area contributed by atoms with E-state index in [2.05, 4.69) is 10.3 Å². The Labute approximate surface area is 167 Å². The van der Waals surface area contributed by atoms with Crippen LogP contribution in [0.5, 0.6) is 0 Å². The summed E-state index contributed by atoms with van der Waals surface area (Å²) in [6.45, 7) is 3.06. The van der Waals surface area contributed by atoms with E-state index in [4.69, 9.17) is 4.42 Å². The van der Waals surface area contributed by atoms with Gasteiger partial charge in [0.2, 0.25) is 5.91 Å². The lowest BCUT2D eigenvalue weighted by Gasteiger charge is -2.31. The zero-order valence-electron chi connectivity index (χ0n) is 15.6. The lowest BCUT2D eigenvalue weighted by molar-refractivity contribution is -0.121. The Bertz CT molecular complexity index is 963. The fourth-order valence-electron chi connectivity index (χ4n) is 3.30. The van der Waals surface area contributed by atoms with Crippen molar-refractivity contribution in [3.8, 4) is 10.6 Å². The second-order valence-corrected chi connectivity index (χ2v) is 7.98. The van der Waals surface area contributed by atoms with Crippen LogP contribution in [0.2, 0.25) is 0 Å². The van der Waals surface area contributed by atoms with Gasteiger partial charge in [0.05, 0.1) is 17.1 Å². The van der Waals surface area contributed by atoms with Gasteiger partial charge in [0, 0.05) is 25.0 Å². The van der Waals surface area contributed by atoms with E-state index in [1.54, 1.807) is 23.4 Å². The molecule has 1 aliphatic heterocycles. The van der Waals surface area contributed by atoms with Crippen molar-refractivity contribution < 1.29 is 14.0 Å². The molecule has 0 radical (unpaired) electrons. The van der Waals surface area contributed by atoms with E-state index in [1.807, 2.05) is 37.3 Å². The van der Waals surface area contributed by atoms with Gasteiger partial charge in [-0.15, -0.1) is 11.3 Å². The zero-order chi connectivity index (χ0) is 19.5. The number of furan rings is 1. The van der Waals surface area contributed by atoms with Crippen LogP contribution in [0.1, 0.15) is 28.2 Å². The minimum Gasteiger partial charge on any atom is -0.463 e. The predicted molar refractivity (Wildman–Crippen MR) is 108 cm³/mol. The summed E-state index contributed by atoms with van der Waals surface area (Å²) in [6.07, 6.45) is 4.83. The van der Waals surface area contributed by atoms with Crippen LogP contribution in [-0.2, 0) is 4.79 Å². The van der Waals surface area contributed by atoms with Crippen molar-refractivity contribution in [2.24, 2.45) is 5.92 Å². The third kappa shape index (κ3) is 3.99. The van der Waals surface area contributed by atoms with E-state index >= 15 is 0 Å². The minimum atomic E-state index is -0.219. The molecule has 1 N–H and O–H groups in total. The van der Waals surface area contributed by atoms with Crippen molar-refractivity contribution in [1.82, 2.24) is 9.88 Å². The number of carbonyl (C=O) groups is 2. The molecule has 0 aliphatic carbocycles. The highest BCUT2D eigenvalue weighted by molar-refractivity contribution is 7.16. The van der Waals surface area contributed by atoms with Gasteiger partial charge in [-0.1, -0.05) is 17.7 Å². The molecule has 1 aliphatic rings. The van der Waals surface area contributed by atoms with Crippen LogP contribution in [0.3, 0.4) is 0 Å². The first-order valence-electron chi connectivity index (χ1n) is 9.26. The van der Waals surface area contributed by atoms with Crippen LogP contribution >= 0.6 is 11.3 Å². The average molecular weight is 395 g/mol. The molecule has 0 spiro atoms. The number of anilines is 1. The Balaban J connectivity index is 1.41. The third-order valence-electron chi connectivity index (χ3n) is 4.85. The van der Waals surface area contributed by atoms with Gasteiger partial charge >= 0.3 is 0 Å². The summed E-state index contributed by atoms with van der Waals surface area (Å²) in [5.41, 5.74) is 1.92. The SMILES string of the molecule is Cc1ccc(NC(=O)C2CCCN(C(=O)c3ncc(-c4ccco4)s3)C2)cc1. The Morgan fingerprint density at radius 2 is 2.07 bits per heavy atom. The number of amides is 2. The summed E-state index contributed by atoms with van der Waals surface area (Å²) >= 11 is 1.31. The number of carbonyl (C=O) groups excluding carboxylic acids is 2. The first-order valence-corrected chi connectivity index (χ1v) is 10.1. The summed E-state index contributed by atoms with van der Waals surface area (Å²) in [7, 11) is 0. The van der Waals surface area contributed by atoms with E-state index in [0.717, 1.165) is 29.0 Å². The molecule has 0 saturated carbocycles.